The number of unbranched alkanes of at least 4 members (excludes halogenated alkanes) is 1. The van der Waals surface area contributed by atoms with Crippen LogP contribution in [0.1, 0.15) is 114 Å². The van der Waals surface area contributed by atoms with E-state index in [0.717, 1.165) is 26.5 Å². The second-order valence-corrected chi connectivity index (χ2v) is 35.8. The molecule has 15 N–H and O–H groups in total. The average Bonchev–Trinajstić information content (AvgIpc) is 0.924. The number of carboxylic acids is 1. The Labute approximate surface area is 758 Å². The van der Waals surface area contributed by atoms with E-state index in [-0.39, 0.29) is 74.5 Å². The molecule has 1 saturated heterocycles. The van der Waals surface area contributed by atoms with E-state index in [9.17, 15) is 44.1 Å². The number of carbonyl (C=O) groups is 16. The predicted molar refractivity (Wildman–Crippen MR) is 486 cm³/mol. The minimum absolute atomic E-state index is 0.0284. The van der Waals surface area contributed by atoms with Crippen LogP contribution in [0.15, 0.2) is 164 Å². The van der Waals surface area contributed by atoms with Gasteiger partial charge in [-0.3, -0.25) is 76.7 Å². The van der Waals surface area contributed by atoms with E-state index >= 15 is 47.9 Å². The van der Waals surface area contributed by atoms with Crippen LogP contribution in [0.3, 0.4) is 0 Å². The largest absolute Gasteiger partial charge is 0.508 e. The van der Waals surface area contributed by atoms with E-state index in [1.54, 1.807) is 149 Å². The van der Waals surface area contributed by atoms with Crippen molar-refractivity contribution in [3.63, 3.8) is 0 Å². The van der Waals surface area contributed by atoms with Crippen molar-refractivity contribution in [2.24, 2.45) is 17.6 Å². The standard InChI is InChI=1S/C94H118N16O19S/c1-12-13-33-72-91(127)106(8)51-77(114)99-69(48-80(117)118)85(121)104-81(55(4)5)93(129)108(10)74(43-57-27-19-15-20-28-57)87(123)103-71-45-60-36-39-63(112)47-73(60)110(90(71)126)52-78(115)98-68(46-61-49-96-65-32-24-23-31-64(61)65)84(120)102-67(41-59-34-37-62(111)38-35-59)83(119)101-66(40-54(2)3)86(122)105-82(88(124)97-50-76(95)113)94(6,7)130-53-79(116)100-70(42-56-25-17-14-18-26-56)89(125)109(11)75(92(128)107(72)9)44-58-29-21-16-22-30-58/h14-32,34-39,47,49,54-55,66-72,74-75,81-82,96,111-112H,12-13,33,40-46,48,50-53H2,1-11H3,(H2,95,113)(H,97,124)(H,98,115)(H,99,114)(H,100,116)(H,101,119)(H,102,120)(H,103,123)(H,104,121)(H,105,122)(H,117,118)/t66-,67-,68-,69-,70-,71-,72-,74-,75-,81-,82+/m0/s1. The molecular formula is C94H118N16O19S. The third-order valence-corrected chi connectivity index (χ3v) is 24.3. The van der Waals surface area contributed by atoms with Crippen LogP contribution in [-0.4, -0.2) is 259 Å². The lowest BCUT2D eigenvalue weighted by Gasteiger charge is -2.37. The predicted octanol–water partition coefficient (Wildman–Crippen LogP) is 2.99. The number of rotatable bonds is 21. The number of nitrogens with two attached hydrogens (primary N) is 1. The van der Waals surface area contributed by atoms with Gasteiger partial charge in [0, 0.05) is 94.6 Å². The summed E-state index contributed by atoms with van der Waals surface area (Å²) < 4.78 is -1.54. The maximum absolute atomic E-state index is 15.6. The molecule has 0 radical (unpaired) electrons. The summed E-state index contributed by atoms with van der Waals surface area (Å²) in [4.78, 5) is 245. The van der Waals surface area contributed by atoms with Crippen LogP contribution in [0.25, 0.3) is 10.9 Å². The monoisotopic (exact) mass is 1810 g/mol. The fourth-order valence-corrected chi connectivity index (χ4v) is 16.6. The molecule has 2 aliphatic rings. The SMILES string of the molecule is CCCC[C@H]1C(=O)N(C)CC(=O)N[C@@H](CC(=O)O)C(=O)N[C@@H](C(C)C)C(=O)N(C)[C@@H](Cc2ccccc2)C(=O)N[C@H]2Cc3ccc(O)cc3N(CC(=O)N[C@@H](Cc3c[nH]c4ccccc34)C(=O)N[C@@H](Cc3ccc(O)cc3)C(=O)N[C@@H](CC(C)C)C(=O)N[C@H](C(=O)NCC(N)=O)C(C)(C)SCC(=O)N[C@@H](Cc3ccccc3)C(=O)N(C)[C@@H](Cc3ccccc3)C(=O)N1C)C2=O. The molecule has 6 aromatic carbocycles. The number of carbonyl (C=O) groups excluding carboxylic acids is 15. The maximum Gasteiger partial charge on any atom is 0.305 e. The van der Waals surface area contributed by atoms with Gasteiger partial charge in [0.25, 0.3) is 0 Å². The summed E-state index contributed by atoms with van der Waals surface area (Å²) in [7, 11) is 5.29. The van der Waals surface area contributed by atoms with Crippen LogP contribution in [0, 0.1) is 11.8 Å². The van der Waals surface area contributed by atoms with Crippen molar-refractivity contribution in [2.45, 2.75) is 190 Å². The number of nitrogens with zero attached hydrogens (tertiary/aromatic N) is 5. The Balaban J connectivity index is 1.13. The second-order valence-electron chi connectivity index (χ2n) is 34.2. The molecule has 0 spiro atoms. The molecule has 11 atom stereocenters. The number of para-hydroxylation sites is 1. The first-order valence-electron chi connectivity index (χ1n) is 43.2. The molecule has 1 fully saturated rings. The third kappa shape index (κ3) is 27.7. The van der Waals surface area contributed by atoms with Gasteiger partial charge in [-0.1, -0.05) is 175 Å². The number of H-pyrrole nitrogens is 1. The first kappa shape index (κ1) is 100. The van der Waals surface area contributed by atoms with Gasteiger partial charge in [-0.2, -0.15) is 0 Å². The lowest BCUT2D eigenvalue weighted by atomic mass is 9.95. The van der Waals surface area contributed by atoms with Crippen molar-refractivity contribution in [1.29, 1.82) is 0 Å². The third-order valence-electron chi connectivity index (χ3n) is 22.9. The number of hydrogen-bond acceptors (Lipinski definition) is 19. The Morgan fingerprint density at radius 3 is 1.63 bits per heavy atom. The van der Waals surface area contributed by atoms with Gasteiger partial charge < -0.3 is 98.4 Å². The minimum Gasteiger partial charge on any atom is -0.508 e. The van der Waals surface area contributed by atoms with E-state index in [1.165, 1.54) is 94.3 Å². The van der Waals surface area contributed by atoms with Gasteiger partial charge in [0.2, 0.25) is 88.6 Å². The molecule has 694 valence electrons. The van der Waals surface area contributed by atoms with E-state index in [4.69, 9.17) is 5.73 Å². The molecular weight excluding hydrogens is 1690 g/mol. The molecule has 36 heteroatoms. The fraction of sp³-hybridized carbons (Fsp3) is 0.426. The molecule has 2 bridgehead atoms. The van der Waals surface area contributed by atoms with Gasteiger partial charge in [-0.05, 0) is 96.2 Å². The zero-order chi connectivity index (χ0) is 95.0. The zero-order valence-electron chi connectivity index (χ0n) is 74.8. The first-order valence-corrected chi connectivity index (χ1v) is 44.1. The molecule has 7 aromatic rings. The first-order chi connectivity index (χ1) is 61.7. The van der Waals surface area contributed by atoms with Gasteiger partial charge in [0.1, 0.15) is 84.5 Å². The molecule has 9 rings (SSSR count). The molecule has 3 heterocycles. The quantitative estimate of drug-likeness (QED) is 0.0492. The molecule has 2 aliphatic heterocycles. The summed E-state index contributed by atoms with van der Waals surface area (Å²) in [5, 5.41) is 56.5. The number of benzene rings is 6. The van der Waals surface area contributed by atoms with Crippen LogP contribution in [0.5, 0.6) is 11.5 Å². The number of carboxylic acid groups (broad SMARTS) is 1. The fourth-order valence-electron chi connectivity index (χ4n) is 15.7. The molecule has 15 amide bonds. The van der Waals surface area contributed by atoms with Crippen LogP contribution in [0.4, 0.5) is 5.69 Å². The minimum atomic E-state index is -1.90. The van der Waals surface area contributed by atoms with E-state index in [1.807, 2.05) is 6.92 Å². The molecule has 1 aromatic heterocycles. The average molecular weight is 1810 g/mol. The molecule has 130 heavy (non-hydrogen) atoms. The summed E-state index contributed by atoms with van der Waals surface area (Å²) in [6.07, 6.45) is 0.0771. The number of aliphatic carboxylic acids is 1. The number of nitrogens with one attached hydrogen (secondary N) is 10. The number of aromatic hydroxyl groups is 2. The normalized spacial score (nSPS) is 22.5. The summed E-state index contributed by atoms with van der Waals surface area (Å²) in [6.45, 7) is 9.12. The summed E-state index contributed by atoms with van der Waals surface area (Å²) in [6, 6.07) is 25.5. The number of aromatic nitrogens is 1. The Hall–Kier alpha value is -13.7. The number of anilines is 1. The Morgan fingerprint density at radius 1 is 0.515 bits per heavy atom. The Kier molecular flexibility index (Phi) is 35.7. The van der Waals surface area contributed by atoms with Gasteiger partial charge in [0.05, 0.1) is 31.0 Å². The van der Waals surface area contributed by atoms with Gasteiger partial charge in [-0.25, -0.2) is 0 Å². The van der Waals surface area contributed by atoms with Crippen molar-refractivity contribution in [2.75, 3.05) is 58.5 Å². The number of likely N-dealkylation sites (N-methyl/N-ethyl adjacent to an activating group) is 4. The highest BCUT2D eigenvalue weighted by molar-refractivity contribution is 8.01. The number of primary amides is 1. The molecule has 0 saturated carbocycles. The number of hydrogen-bond donors (Lipinski definition) is 14. The highest BCUT2D eigenvalue weighted by Crippen LogP contribution is 2.34. The zero-order valence-corrected chi connectivity index (χ0v) is 75.6. The number of aromatic amines is 1. The van der Waals surface area contributed by atoms with Crippen molar-refractivity contribution >= 4 is 123 Å². The van der Waals surface area contributed by atoms with E-state index < -0.39 is 204 Å². The second kappa shape index (κ2) is 46.4. The van der Waals surface area contributed by atoms with Gasteiger partial charge >= 0.3 is 5.97 Å². The molecule has 0 unspecified atom stereocenters. The number of amides is 15. The summed E-state index contributed by atoms with van der Waals surface area (Å²) >= 11 is 0.853. The lowest BCUT2D eigenvalue weighted by Crippen LogP contribution is -2.62. The van der Waals surface area contributed by atoms with E-state index in [0.29, 0.717) is 57.1 Å². The highest BCUT2D eigenvalue weighted by atomic mass is 32.2. The summed E-state index contributed by atoms with van der Waals surface area (Å²) in [5.41, 5.74) is 9.13. The highest BCUT2D eigenvalue weighted by Gasteiger charge is 2.45. The van der Waals surface area contributed by atoms with Crippen molar-refractivity contribution < 1.29 is 92.0 Å². The lowest BCUT2D eigenvalue weighted by molar-refractivity contribution is -0.151. The van der Waals surface area contributed by atoms with Crippen LogP contribution >= 0.6 is 11.8 Å². The van der Waals surface area contributed by atoms with Gasteiger partial charge in [-0.15, -0.1) is 11.8 Å². The smallest absolute Gasteiger partial charge is 0.305 e. The topological polar surface area (TPSA) is 500 Å². The van der Waals surface area contributed by atoms with Gasteiger partial charge in [0.15, 0.2) is 0 Å². The maximum atomic E-state index is 15.6. The Morgan fingerprint density at radius 2 is 1.03 bits per heavy atom. The van der Waals surface area contributed by atoms with Crippen LogP contribution < -0.4 is 58.5 Å². The number of phenolic OH excluding ortho intramolecular Hbond substituents is 2. The van der Waals surface area contributed by atoms with Crippen LogP contribution in [0.2, 0.25) is 0 Å². The van der Waals surface area contributed by atoms with Crippen molar-refractivity contribution in [1.82, 2.24) is 72.4 Å². The Bertz CT molecular complexity index is 5230. The van der Waals surface area contributed by atoms with E-state index in [2.05, 4.69) is 52.8 Å². The van der Waals surface area contributed by atoms with Crippen LogP contribution in [-0.2, 0) is 115 Å². The molecule has 0 aliphatic carbocycles. The summed E-state index contributed by atoms with van der Waals surface area (Å²) in [5.74, 6) is -17.4. The number of fused-ring (bicyclic) bond motifs is 5. The molecule has 35 nitrogen and oxygen atoms in total. The number of phenols is 2. The number of thioether (sulfide) groups is 1. The van der Waals surface area contributed by atoms with Crippen molar-refractivity contribution in [3.8, 4) is 11.5 Å². The van der Waals surface area contributed by atoms with Crippen molar-refractivity contribution in [3.05, 3.63) is 197 Å².